The molecule has 0 saturated carbocycles. The van der Waals surface area contributed by atoms with Crippen molar-refractivity contribution in [3.63, 3.8) is 0 Å². The molecule has 0 unspecified atom stereocenters. The molecule has 1 aliphatic heterocycles. The van der Waals surface area contributed by atoms with Crippen LogP contribution in [0.1, 0.15) is 184 Å². The van der Waals surface area contributed by atoms with Gasteiger partial charge in [0.05, 0.1) is 0 Å². The Labute approximate surface area is 296 Å². The number of allylic oxidation sites excluding steroid dienone is 2. The average Bonchev–Trinajstić information content (AvgIpc) is 2.95. The van der Waals surface area contributed by atoms with Gasteiger partial charge in [0.1, 0.15) is 0 Å². The number of hydrogen-bond acceptors (Lipinski definition) is 2. The van der Waals surface area contributed by atoms with Crippen molar-refractivity contribution in [3.8, 4) is 0 Å². The number of likely N-dealkylation sites (N-methyl/N-ethyl adjacent to an activating group) is 2. The summed E-state index contributed by atoms with van der Waals surface area (Å²) in [6, 6.07) is 0. The molecule has 0 aromatic rings. The Bertz CT molecular complexity index is 179. The highest BCUT2D eigenvalue weighted by atomic mass is 15.2. The van der Waals surface area contributed by atoms with Crippen molar-refractivity contribution in [3.05, 3.63) is 12.2 Å². The van der Waals surface area contributed by atoms with Crippen LogP contribution in [0.5, 0.6) is 0 Å². The normalized spacial score (nSPS) is 8.56. The Morgan fingerprint density at radius 1 is 0.372 bits per heavy atom. The predicted molar refractivity (Wildman–Crippen MR) is 227 cm³/mol. The molecule has 0 amide bonds. The van der Waals surface area contributed by atoms with Crippen LogP contribution in [0.2, 0.25) is 0 Å². The van der Waals surface area contributed by atoms with Gasteiger partial charge in [-0.2, -0.15) is 0 Å². The van der Waals surface area contributed by atoms with E-state index < -0.39 is 0 Å². The van der Waals surface area contributed by atoms with Crippen LogP contribution in [0.25, 0.3) is 0 Å². The molecule has 0 aliphatic carbocycles. The van der Waals surface area contributed by atoms with Gasteiger partial charge in [-0.1, -0.05) is 183 Å². The Kier molecular flexibility index (Phi) is 636. The van der Waals surface area contributed by atoms with E-state index in [1.54, 1.807) is 0 Å². The van der Waals surface area contributed by atoms with Crippen molar-refractivity contribution in [2.45, 2.75) is 184 Å². The van der Waals surface area contributed by atoms with Gasteiger partial charge in [-0.3, -0.25) is 0 Å². The Balaban J connectivity index is -0.0000000118. The Morgan fingerprint density at radius 3 is 0.535 bits per heavy atom. The van der Waals surface area contributed by atoms with Gasteiger partial charge < -0.3 is 9.80 Å². The fourth-order valence-corrected chi connectivity index (χ4v) is 1.14. The first-order valence-electron chi connectivity index (χ1n) is 16.8. The minimum Gasteiger partial charge on any atom is -0.304 e. The van der Waals surface area contributed by atoms with Crippen LogP contribution in [-0.4, -0.2) is 101 Å². The van der Waals surface area contributed by atoms with Crippen molar-refractivity contribution in [1.82, 2.24) is 9.80 Å². The Morgan fingerprint density at radius 2 is 0.488 bits per heavy atom. The molecule has 2 nitrogen and oxygen atoms in total. The van der Waals surface area contributed by atoms with Crippen molar-refractivity contribution in [2.24, 2.45) is 0 Å². The summed E-state index contributed by atoms with van der Waals surface area (Å²) in [6.45, 7) is 50.1. The molecule has 43 heavy (non-hydrogen) atoms. The fraction of sp³-hybridized carbons (Fsp3) is 0.943. The molecule has 1 fully saturated rings. The van der Waals surface area contributed by atoms with E-state index in [9.17, 15) is 0 Å². The molecular formula is C35H92B6N2. The molecule has 0 aromatic heterocycles. The van der Waals surface area contributed by atoms with Crippen LogP contribution in [0.3, 0.4) is 0 Å². The van der Waals surface area contributed by atoms with Crippen molar-refractivity contribution in [2.75, 3.05) is 40.3 Å². The molecule has 18 radical (unpaired) electrons. The summed E-state index contributed by atoms with van der Waals surface area (Å²) < 4.78 is 0. The zero-order chi connectivity index (χ0) is 32.9. The van der Waals surface area contributed by atoms with Crippen LogP contribution in [-0.2, 0) is 0 Å². The summed E-state index contributed by atoms with van der Waals surface area (Å²) >= 11 is 0. The van der Waals surface area contributed by atoms with Crippen molar-refractivity contribution >= 4 is 50.5 Å². The first kappa shape index (κ1) is 112. The van der Waals surface area contributed by atoms with E-state index in [2.05, 4.69) is 98.4 Å². The number of nitrogens with zero attached hydrogens (tertiary/aromatic N) is 2. The molecule has 8 heteroatoms. The lowest BCUT2D eigenvalue weighted by Gasteiger charge is -2.28. The van der Waals surface area contributed by atoms with Gasteiger partial charge in [-0.25, -0.2) is 0 Å². The van der Waals surface area contributed by atoms with Crippen LogP contribution in [0.4, 0.5) is 0 Å². The summed E-state index contributed by atoms with van der Waals surface area (Å²) in [5.74, 6) is 0. The highest BCUT2D eigenvalue weighted by Gasteiger charge is 2.07. The van der Waals surface area contributed by atoms with E-state index >= 15 is 0 Å². The Hall–Kier alpha value is 0.0496. The van der Waals surface area contributed by atoms with Crippen LogP contribution >= 0.6 is 0 Å². The summed E-state index contributed by atoms with van der Waals surface area (Å²) in [5.41, 5.74) is 0. The molecule has 0 bridgehead atoms. The van der Waals surface area contributed by atoms with Gasteiger partial charge >= 0.3 is 0 Å². The fourth-order valence-electron chi connectivity index (χ4n) is 1.14. The molecule has 0 spiro atoms. The molecular weight excluding hydrogens is 513 g/mol. The van der Waals surface area contributed by atoms with E-state index in [-0.39, 0.29) is 50.5 Å². The van der Waals surface area contributed by atoms with Gasteiger partial charge in [0.25, 0.3) is 0 Å². The van der Waals surface area contributed by atoms with Gasteiger partial charge in [0.15, 0.2) is 0 Å². The van der Waals surface area contributed by atoms with E-state index in [4.69, 9.17) is 0 Å². The number of rotatable bonds is 1. The second-order valence-corrected chi connectivity index (χ2v) is 6.41. The van der Waals surface area contributed by atoms with Crippen molar-refractivity contribution in [1.29, 1.82) is 0 Å². The smallest absolute Gasteiger partial charge is 0.0107 e. The minimum atomic E-state index is 0. The van der Waals surface area contributed by atoms with Gasteiger partial charge in [-0.15, -0.1) is 0 Å². The highest BCUT2D eigenvalue weighted by molar-refractivity contribution is 5.76. The second kappa shape index (κ2) is 244. The topological polar surface area (TPSA) is 6.48 Å². The maximum absolute atomic E-state index is 2.36. The van der Waals surface area contributed by atoms with Gasteiger partial charge in [-0.05, 0) is 27.4 Å². The first-order valence-corrected chi connectivity index (χ1v) is 16.8. The number of piperazine rings is 1. The lowest BCUT2D eigenvalue weighted by Crippen LogP contribution is -2.42. The average molecular weight is 606 g/mol. The summed E-state index contributed by atoms with van der Waals surface area (Å²) in [5, 5.41) is 0. The van der Waals surface area contributed by atoms with Gasteiger partial charge in [0.2, 0.25) is 0 Å². The monoisotopic (exact) mass is 607 g/mol. The third-order valence-electron chi connectivity index (χ3n) is 2.20. The van der Waals surface area contributed by atoms with Crippen LogP contribution in [0, 0.1) is 0 Å². The standard InChI is InChI=1S/C6H14N2.C5H10.4C3H8.6C2H6.6B/c1-7-3-5-8(2)6-4-7;1-3-5-4-2;4*1-3-2;6*1-2;;;;;;/h3-6H2,1-2H3;3,5H,4H2,1-2H3;4*3H2,1-2H3;6*1-2H3;;;;;;. The van der Waals surface area contributed by atoms with E-state index in [0.717, 1.165) is 6.42 Å². The van der Waals surface area contributed by atoms with Crippen molar-refractivity contribution < 1.29 is 0 Å². The SMILES string of the molecule is CC.CC.CC.CC.CC.CC.CC=CCC.CCC.CCC.CCC.CCC.CN1CCN(C)CC1.[B].[B].[B].[B].[B].[B]. The predicted octanol–water partition coefficient (Wildman–Crippen LogP) is 11.4. The molecule has 0 aromatic carbocycles. The maximum atomic E-state index is 2.36. The molecule has 1 aliphatic rings. The van der Waals surface area contributed by atoms with E-state index in [1.165, 1.54) is 51.9 Å². The molecule has 1 heterocycles. The second-order valence-electron chi connectivity index (χ2n) is 6.41. The van der Waals surface area contributed by atoms with Crippen LogP contribution < -0.4 is 0 Å². The molecule has 1 saturated heterocycles. The highest BCUT2D eigenvalue weighted by Crippen LogP contribution is 1.93. The number of hydrogen-bond donors (Lipinski definition) is 0. The van der Waals surface area contributed by atoms with E-state index in [0.29, 0.717) is 0 Å². The van der Waals surface area contributed by atoms with Crippen LogP contribution in [0.15, 0.2) is 12.2 Å². The summed E-state index contributed by atoms with van der Waals surface area (Å²) in [6.07, 6.45) is 10.3. The summed E-state index contributed by atoms with van der Waals surface area (Å²) in [7, 11) is 4.35. The van der Waals surface area contributed by atoms with E-state index in [1.807, 2.05) is 90.0 Å². The minimum absolute atomic E-state index is 0. The third-order valence-corrected chi connectivity index (χ3v) is 2.20. The quantitative estimate of drug-likeness (QED) is 0.217. The zero-order valence-corrected chi connectivity index (χ0v) is 35.9. The lowest BCUT2D eigenvalue weighted by atomic mass is 10.4. The molecule has 1 rings (SSSR count). The molecule has 0 atom stereocenters. The zero-order valence-electron chi connectivity index (χ0n) is 35.9. The lowest BCUT2D eigenvalue weighted by molar-refractivity contribution is 0.181. The third kappa shape index (κ3) is 465. The maximum Gasteiger partial charge on any atom is 0.0107 e. The molecule has 260 valence electrons. The molecule has 0 N–H and O–H groups in total. The largest absolute Gasteiger partial charge is 0.304 e. The summed E-state index contributed by atoms with van der Waals surface area (Å²) in [4.78, 5) is 4.72. The van der Waals surface area contributed by atoms with Gasteiger partial charge in [0, 0.05) is 76.7 Å². The first-order chi connectivity index (χ1) is 17.9.